The van der Waals surface area contributed by atoms with E-state index in [0.29, 0.717) is 41.7 Å². The predicted molar refractivity (Wildman–Crippen MR) is 88.6 cm³/mol. The van der Waals surface area contributed by atoms with E-state index in [9.17, 15) is 14.7 Å². The predicted octanol–water partition coefficient (Wildman–Crippen LogP) is 2.90. The number of hydrogen-bond acceptors (Lipinski definition) is 5. The van der Waals surface area contributed by atoms with Crippen LogP contribution >= 0.6 is 11.6 Å². The van der Waals surface area contributed by atoms with Crippen LogP contribution in [0.15, 0.2) is 6.33 Å². The lowest BCUT2D eigenvalue weighted by atomic mass is 9.99. The van der Waals surface area contributed by atoms with Gasteiger partial charge >= 0.3 is 5.97 Å². The van der Waals surface area contributed by atoms with Gasteiger partial charge in [-0.2, -0.15) is 0 Å². The van der Waals surface area contributed by atoms with Crippen molar-refractivity contribution in [1.82, 2.24) is 14.5 Å². The van der Waals surface area contributed by atoms with Crippen molar-refractivity contribution in [2.45, 2.75) is 44.7 Å². The van der Waals surface area contributed by atoms with E-state index in [1.54, 1.807) is 6.33 Å². The highest BCUT2D eigenvalue weighted by molar-refractivity contribution is 6.34. The quantitative estimate of drug-likeness (QED) is 0.810. The molecule has 24 heavy (non-hydrogen) atoms. The molecule has 1 fully saturated rings. The van der Waals surface area contributed by atoms with E-state index in [-0.39, 0.29) is 28.9 Å². The van der Waals surface area contributed by atoms with Crippen LogP contribution in [0.2, 0.25) is 5.15 Å². The van der Waals surface area contributed by atoms with E-state index in [1.165, 1.54) is 0 Å². The molecule has 0 bridgehead atoms. The molecule has 126 valence electrons. The van der Waals surface area contributed by atoms with Gasteiger partial charge in [-0.15, -0.1) is 0 Å². The first kappa shape index (κ1) is 15.4. The Labute approximate surface area is 143 Å². The van der Waals surface area contributed by atoms with Crippen LogP contribution in [-0.2, 0) is 4.79 Å². The normalized spacial score (nSPS) is 26.4. The van der Waals surface area contributed by atoms with E-state index in [0.717, 1.165) is 6.42 Å². The molecule has 1 aliphatic heterocycles. The van der Waals surface area contributed by atoms with Crippen LogP contribution in [0.3, 0.4) is 0 Å². The van der Waals surface area contributed by atoms with Gasteiger partial charge in [-0.1, -0.05) is 11.6 Å². The number of rotatable bonds is 2. The van der Waals surface area contributed by atoms with Crippen molar-refractivity contribution in [2.75, 3.05) is 5.32 Å². The molecule has 4 rings (SSSR count). The Morgan fingerprint density at radius 2 is 2.25 bits per heavy atom. The van der Waals surface area contributed by atoms with Crippen LogP contribution in [0.1, 0.15) is 49.0 Å². The minimum atomic E-state index is -0.758. The Morgan fingerprint density at radius 1 is 1.46 bits per heavy atom. The fourth-order valence-corrected chi connectivity index (χ4v) is 4.07. The van der Waals surface area contributed by atoms with Crippen molar-refractivity contribution in [2.24, 2.45) is 5.92 Å². The van der Waals surface area contributed by atoms with Gasteiger partial charge < -0.3 is 15.0 Å². The van der Waals surface area contributed by atoms with E-state index in [4.69, 9.17) is 11.6 Å². The number of hydrogen-bond donors (Lipinski definition) is 2. The van der Waals surface area contributed by atoms with E-state index >= 15 is 0 Å². The van der Waals surface area contributed by atoms with Gasteiger partial charge in [-0.05, 0) is 26.2 Å². The Hall–Kier alpha value is -2.15. The van der Waals surface area contributed by atoms with Crippen LogP contribution in [0.25, 0.3) is 11.2 Å². The highest BCUT2D eigenvalue weighted by Crippen LogP contribution is 2.39. The van der Waals surface area contributed by atoms with E-state index in [1.807, 2.05) is 11.5 Å². The number of carbonyl (C=O) groups excluding carboxylic acids is 1. The summed E-state index contributed by atoms with van der Waals surface area (Å²) in [7, 11) is 0. The largest absolute Gasteiger partial charge is 0.481 e. The Kier molecular flexibility index (Phi) is 3.49. The minimum absolute atomic E-state index is 0.0136. The van der Waals surface area contributed by atoms with Crippen LogP contribution in [0, 0.1) is 5.92 Å². The zero-order valence-corrected chi connectivity index (χ0v) is 13.9. The highest BCUT2D eigenvalue weighted by Gasteiger charge is 2.33. The molecule has 0 amide bonds. The lowest BCUT2D eigenvalue weighted by molar-refractivity contribution is -0.141. The lowest BCUT2D eigenvalue weighted by Crippen LogP contribution is -2.27. The molecule has 3 unspecified atom stereocenters. The number of carbonyl (C=O) groups is 2. The fraction of sp³-hybridized carbons (Fsp3) is 0.500. The monoisotopic (exact) mass is 348 g/mol. The maximum Gasteiger partial charge on any atom is 0.306 e. The minimum Gasteiger partial charge on any atom is -0.481 e. The topological polar surface area (TPSA) is 97.1 Å². The maximum absolute atomic E-state index is 12.3. The SMILES string of the molecule is CC1CC(=O)c2c(Cl)nc3c(ncn3C3CCC(C(=O)O)C3)c2N1. The van der Waals surface area contributed by atoms with Crippen molar-refractivity contribution in [3.05, 3.63) is 17.0 Å². The number of halogens is 1. The molecule has 7 nitrogen and oxygen atoms in total. The second-order valence-corrected chi connectivity index (χ2v) is 7.01. The number of carboxylic acid groups (broad SMARTS) is 1. The van der Waals surface area contributed by atoms with Crippen molar-refractivity contribution < 1.29 is 14.7 Å². The van der Waals surface area contributed by atoms with Crippen molar-refractivity contribution >= 4 is 40.2 Å². The number of aromatic nitrogens is 3. The Balaban J connectivity index is 1.81. The number of nitrogens with one attached hydrogen (secondary N) is 1. The van der Waals surface area contributed by atoms with Crippen LogP contribution in [0.4, 0.5) is 5.69 Å². The first-order chi connectivity index (χ1) is 11.5. The summed E-state index contributed by atoms with van der Waals surface area (Å²) in [5, 5.41) is 12.7. The number of fused-ring (bicyclic) bond motifs is 3. The lowest BCUT2D eigenvalue weighted by Gasteiger charge is -2.24. The number of pyridine rings is 1. The zero-order chi connectivity index (χ0) is 17.0. The molecular weight excluding hydrogens is 332 g/mol. The first-order valence-electron chi connectivity index (χ1n) is 8.04. The molecule has 3 heterocycles. The van der Waals surface area contributed by atoms with Gasteiger partial charge in [0.25, 0.3) is 0 Å². The Bertz CT molecular complexity index is 863. The molecule has 2 aromatic rings. The van der Waals surface area contributed by atoms with Crippen LogP contribution in [0.5, 0.6) is 0 Å². The third-order valence-corrected chi connectivity index (χ3v) is 5.25. The molecule has 0 spiro atoms. The molecule has 0 aromatic carbocycles. The second kappa shape index (κ2) is 5.44. The standard InChI is InChI=1S/C16H17ClN4O3/c1-7-4-10(22)11-12(19-7)13-15(20-14(11)17)21(6-18-13)9-3-2-8(5-9)16(23)24/h6-9,19H,2-5H2,1H3,(H,23,24). The third kappa shape index (κ3) is 2.26. The molecule has 0 radical (unpaired) electrons. The summed E-state index contributed by atoms with van der Waals surface area (Å²) in [5.74, 6) is -1.12. The first-order valence-corrected chi connectivity index (χ1v) is 8.42. The molecule has 0 saturated heterocycles. The number of carboxylic acids is 1. The second-order valence-electron chi connectivity index (χ2n) is 6.65. The smallest absolute Gasteiger partial charge is 0.306 e. The molecule has 1 aliphatic carbocycles. The molecule has 2 aliphatic rings. The highest BCUT2D eigenvalue weighted by atomic mass is 35.5. The summed E-state index contributed by atoms with van der Waals surface area (Å²) < 4.78 is 1.90. The van der Waals surface area contributed by atoms with E-state index in [2.05, 4.69) is 15.3 Å². The van der Waals surface area contributed by atoms with Gasteiger partial charge in [0.15, 0.2) is 11.4 Å². The van der Waals surface area contributed by atoms with Crippen LogP contribution in [-0.4, -0.2) is 37.4 Å². The summed E-state index contributed by atoms with van der Waals surface area (Å²) in [5.41, 5.74) is 2.26. The van der Waals surface area contributed by atoms with Gasteiger partial charge in [-0.3, -0.25) is 9.59 Å². The van der Waals surface area contributed by atoms with Crippen LogP contribution < -0.4 is 5.32 Å². The molecule has 3 atom stereocenters. The third-order valence-electron chi connectivity index (χ3n) is 4.97. The summed E-state index contributed by atoms with van der Waals surface area (Å²) in [4.78, 5) is 32.3. The summed E-state index contributed by atoms with van der Waals surface area (Å²) in [6.45, 7) is 1.94. The van der Waals surface area contributed by atoms with Gasteiger partial charge in [0.2, 0.25) is 0 Å². The molecular formula is C16H17ClN4O3. The molecule has 2 aromatic heterocycles. The summed E-state index contributed by atoms with van der Waals surface area (Å²) in [6.07, 6.45) is 4.02. The van der Waals surface area contributed by atoms with Gasteiger partial charge in [0.1, 0.15) is 10.7 Å². The van der Waals surface area contributed by atoms with Gasteiger partial charge in [-0.25, -0.2) is 9.97 Å². The number of imidazole rings is 1. The maximum atomic E-state index is 12.3. The average Bonchev–Trinajstić information content (AvgIpc) is 3.12. The molecule has 1 saturated carbocycles. The molecule has 8 heteroatoms. The van der Waals surface area contributed by atoms with Crippen molar-refractivity contribution in [3.63, 3.8) is 0 Å². The fourth-order valence-electron chi connectivity index (χ4n) is 3.79. The number of nitrogens with zero attached hydrogens (tertiary/aromatic N) is 3. The Morgan fingerprint density at radius 3 is 2.96 bits per heavy atom. The number of ketones is 1. The zero-order valence-electron chi connectivity index (χ0n) is 13.1. The van der Waals surface area contributed by atoms with Crippen molar-refractivity contribution in [1.29, 1.82) is 0 Å². The summed E-state index contributed by atoms with van der Waals surface area (Å²) in [6, 6.07) is 0.0501. The number of aliphatic carboxylic acids is 1. The van der Waals surface area contributed by atoms with Gasteiger partial charge in [0, 0.05) is 18.5 Å². The number of anilines is 1. The molecule has 2 N–H and O–H groups in total. The average molecular weight is 349 g/mol. The van der Waals surface area contributed by atoms with Crippen molar-refractivity contribution in [3.8, 4) is 0 Å². The van der Waals surface area contributed by atoms with Gasteiger partial charge in [0.05, 0.1) is 23.5 Å². The van der Waals surface area contributed by atoms with E-state index < -0.39 is 5.97 Å². The number of Topliss-reactive ketones (excluding diaryl/α,β-unsaturated/α-hetero) is 1. The summed E-state index contributed by atoms with van der Waals surface area (Å²) >= 11 is 6.27.